The van der Waals surface area contributed by atoms with Crippen LogP contribution in [0.2, 0.25) is 0 Å². The number of hydrogen-bond donors (Lipinski definition) is 0. The van der Waals surface area contributed by atoms with Crippen molar-refractivity contribution >= 4 is 87.4 Å². The lowest BCUT2D eigenvalue weighted by molar-refractivity contribution is 0.772. The molecule has 2 heterocycles. The van der Waals surface area contributed by atoms with Crippen LogP contribution in [0.3, 0.4) is 0 Å². The van der Waals surface area contributed by atoms with Crippen LogP contribution >= 0.6 is 11.3 Å². The van der Waals surface area contributed by atoms with Crippen molar-refractivity contribution in [2.24, 2.45) is 0 Å². The van der Waals surface area contributed by atoms with Gasteiger partial charge in [0.25, 0.3) is 0 Å². The van der Waals surface area contributed by atoms with E-state index in [4.69, 9.17) is 0 Å². The van der Waals surface area contributed by atoms with Crippen LogP contribution in [0.15, 0.2) is 261 Å². The fourth-order valence-corrected chi connectivity index (χ4v) is 13.5. The largest absolute Gasteiger partial charge is 0.310 e. The summed E-state index contributed by atoms with van der Waals surface area (Å²) in [6.07, 6.45) is 0. The number of nitrogens with zero attached hydrogens (tertiary/aromatic N) is 3. The van der Waals surface area contributed by atoms with Crippen LogP contribution in [0.5, 0.6) is 0 Å². The molecule has 13 aromatic rings. The summed E-state index contributed by atoms with van der Waals surface area (Å²) in [6, 6.07) is 96.5. The summed E-state index contributed by atoms with van der Waals surface area (Å²) >= 11 is 1.93. The average molecular weight is 952 g/mol. The number of aryl methyl sites for hydroxylation is 2. The maximum atomic E-state index is 2.61. The maximum absolute atomic E-state index is 2.61. The molecule has 346 valence electrons. The Morgan fingerprint density at radius 2 is 0.904 bits per heavy atom. The van der Waals surface area contributed by atoms with E-state index in [1.807, 2.05) is 11.3 Å². The lowest BCUT2D eigenvalue weighted by Crippen LogP contribution is -2.29. The van der Waals surface area contributed by atoms with E-state index >= 15 is 0 Å². The van der Waals surface area contributed by atoms with Crippen LogP contribution in [0.25, 0.3) is 58.8 Å². The molecule has 0 N–H and O–H groups in total. The van der Waals surface area contributed by atoms with Gasteiger partial charge >= 0.3 is 0 Å². The van der Waals surface area contributed by atoms with Gasteiger partial charge in [0.15, 0.2) is 0 Å². The Morgan fingerprint density at radius 1 is 0.411 bits per heavy atom. The molecule has 0 spiro atoms. The number of hydrogen-bond acceptors (Lipinski definition) is 3. The highest BCUT2D eigenvalue weighted by atomic mass is 32.1. The molecule has 2 aromatic heterocycles. The molecule has 0 aliphatic heterocycles. The SMILES string of the molecule is Cc1ccccc1N(c1ccccc1)c1ccc2c(c1)C(c1ccccc1)(c1ccccc1)c1c-2c2c3ccccc3sc2c2c3ccc(N(c4ccccc4)c4ccccc4C)cc3n(-c3ccccc3)c12. The zero-order valence-corrected chi connectivity index (χ0v) is 41.4. The van der Waals surface area contributed by atoms with Crippen LogP contribution in [0.1, 0.15) is 33.4 Å². The van der Waals surface area contributed by atoms with Crippen molar-refractivity contribution in [3.63, 3.8) is 0 Å². The highest BCUT2D eigenvalue weighted by Gasteiger charge is 2.50. The number of rotatable bonds is 9. The average Bonchev–Trinajstić information content (AvgIpc) is 4.10. The smallest absolute Gasteiger partial charge is 0.0735 e. The number of para-hydroxylation sites is 5. The fourth-order valence-electron chi connectivity index (χ4n) is 12.2. The van der Waals surface area contributed by atoms with E-state index in [1.165, 1.54) is 81.0 Å². The van der Waals surface area contributed by atoms with Crippen LogP contribution in [-0.4, -0.2) is 4.57 Å². The molecule has 0 radical (unpaired) electrons. The molecule has 0 bridgehead atoms. The lowest BCUT2D eigenvalue weighted by Gasteiger charge is -2.35. The van der Waals surface area contributed by atoms with E-state index in [-0.39, 0.29) is 0 Å². The van der Waals surface area contributed by atoms with E-state index in [0.29, 0.717) is 0 Å². The van der Waals surface area contributed by atoms with Crippen molar-refractivity contribution in [3.8, 4) is 16.8 Å². The molecule has 4 heteroatoms. The third-order valence-electron chi connectivity index (χ3n) is 15.2. The van der Waals surface area contributed by atoms with Crippen molar-refractivity contribution in [1.29, 1.82) is 0 Å². The minimum atomic E-state index is -0.770. The predicted octanol–water partition coefficient (Wildman–Crippen LogP) is 19.1. The molecule has 0 saturated carbocycles. The van der Waals surface area contributed by atoms with Gasteiger partial charge in [-0.05, 0) is 132 Å². The second-order valence-corrected chi connectivity index (χ2v) is 20.3. The van der Waals surface area contributed by atoms with Gasteiger partial charge in [0.1, 0.15) is 0 Å². The number of fused-ring (bicyclic) bond motifs is 12. The predicted molar refractivity (Wildman–Crippen MR) is 310 cm³/mol. The second kappa shape index (κ2) is 17.1. The molecular formula is C69H49N3S. The van der Waals surface area contributed by atoms with Gasteiger partial charge in [0.05, 0.1) is 16.4 Å². The Morgan fingerprint density at radius 3 is 1.49 bits per heavy atom. The zero-order valence-electron chi connectivity index (χ0n) is 40.6. The summed E-state index contributed by atoms with van der Waals surface area (Å²) in [6.45, 7) is 4.43. The Labute approximate surface area is 429 Å². The topological polar surface area (TPSA) is 11.4 Å². The van der Waals surface area contributed by atoms with Crippen molar-refractivity contribution in [2.75, 3.05) is 9.80 Å². The molecule has 1 aliphatic carbocycles. The fraction of sp³-hybridized carbons (Fsp3) is 0.0435. The van der Waals surface area contributed by atoms with Crippen molar-refractivity contribution in [1.82, 2.24) is 4.57 Å². The van der Waals surface area contributed by atoms with E-state index < -0.39 is 5.41 Å². The molecule has 1 aliphatic rings. The van der Waals surface area contributed by atoms with Crippen molar-refractivity contribution in [2.45, 2.75) is 19.3 Å². The molecule has 11 aromatic carbocycles. The number of thiophene rings is 1. The summed E-state index contributed by atoms with van der Waals surface area (Å²) in [7, 11) is 0. The molecule has 3 nitrogen and oxygen atoms in total. The Bertz CT molecular complexity index is 4180. The van der Waals surface area contributed by atoms with Crippen LogP contribution in [-0.2, 0) is 5.41 Å². The Hall–Kier alpha value is -8.96. The summed E-state index contributed by atoms with van der Waals surface area (Å²) in [5.74, 6) is 0. The molecule has 0 atom stereocenters. The van der Waals surface area contributed by atoms with E-state index in [9.17, 15) is 0 Å². The third kappa shape index (κ3) is 6.50. The van der Waals surface area contributed by atoms with Gasteiger partial charge in [-0.15, -0.1) is 11.3 Å². The first-order valence-corrected chi connectivity index (χ1v) is 26.0. The monoisotopic (exact) mass is 951 g/mol. The van der Waals surface area contributed by atoms with Crippen molar-refractivity contribution < 1.29 is 0 Å². The Kier molecular flexibility index (Phi) is 10.1. The summed E-state index contributed by atoms with van der Waals surface area (Å²) < 4.78 is 5.19. The molecule has 0 saturated heterocycles. The maximum Gasteiger partial charge on any atom is 0.0735 e. The molecular weight excluding hydrogens is 903 g/mol. The van der Waals surface area contributed by atoms with Gasteiger partial charge < -0.3 is 14.4 Å². The van der Waals surface area contributed by atoms with Gasteiger partial charge in [0.2, 0.25) is 0 Å². The first-order valence-electron chi connectivity index (χ1n) is 25.2. The summed E-state index contributed by atoms with van der Waals surface area (Å²) in [5, 5.41) is 5.09. The molecule has 0 fully saturated rings. The Balaban J connectivity index is 1.19. The zero-order chi connectivity index (χ0) is 48.6. The van der Waals surface area contributed by atoms with Gasteiger partial charge in [-0.1, -0.05) is 182 Å². The van der Waals surface area contributed by atoms with E-state index in [0.717, 1.165) is 45.3 Å². The van der Waals surface area contributed by atoms with Gasteiger partial charge in [-0.3, -0.25) is 0 Å². The van der Waals surface area contributed by atoms with E-state index in [2.05, 4.69) is 289 Å². The summed E-state index contributed by atoms with van der Waals surface area (Å²) in [4.78, 5) is 4.86. The standard InChI is InChI=1S/C69H49N3S/c1-46-24-18-21-37-59(46)70(50-30-12-5-13-31-50)53-40-42-55-58(44-53)69(48-26-8-3-9-27-48,49-28-10-4-11-29-49)66-63(55)64-57-36-20-23-39-62(57)73-68(64)65-56-43-41-54(45-61(56)72(67(65)66)52-34-16-7-17-35-52)71(51-32-14-6-15-33-51)60-38-22-19-25-47(60)2/h3-45H,1-2H3. The first-order chi connectivity index (χ1) is 36.1. The normalized spacial score (nSPS) is 12.6. The highest BCUT2D eigenvalue weighted by Crippen LogP contribution is 2.64. The van der Waals surface area contributed by atoms with Gasteiger partial charge in [0, 0.05) is 76.3 Å². The summed E-state index contributed by atoms with van der Waals surface area (Å²) in [5.41, 5.74) is 19.4. The first kappa shape index (κ1) is 42.9. The number of aromatic nitrogens is 1. The molecule has 14 rings (SSSR count). The molecule has 0 unspecified atom stereocenters. The van der Waals surface area contributed by atoms with Gasteiger partial charge in [-0.25, -0.2) is 0 Å². The van der Waals surface area contributed by atoms with Gasteiger partial charge in [-0.2, -0.15) is 0 Å². The van der Waals surface area contributed by atoms with Crippen LogP contribution in [0.4, 0.5) is 34.1 Å². The second-order valence-electron chi connectivity index (χ2n) is 19.3. The van der Waals surface area contributed by atoms with Crippen molar-refractivity contribution in [3.05, 3.63) is 294 Å². The van der Waals surface area contributed by atoms with E-state index in [1.54, 1.807) is 0 Å². The lowest BCUT2D eigenvalue weighted by atomic mass is 9.67. The highest BCUT2D eigenvalue weighted by molar-refractivity contribution is 7.27. The minimum absolute atomic E-state index is 0.770. The third-order valence-corrected chi connectivity index (χ3v) is 16.4. The number of benzene rings is 11. The van der Waals surface area contributed by atoms with Crippen LogP contribution in [0, 0.1) is 13.8 Å². The quantitative estimate of drug-likeness (QED) is 0.143. The molecule has 73 heavy (non-hydrogen) atoms. The minimum Gasteiger partial charge on any atom is -0.310 e. The van der Waals surface area contributed by atoms with Crippen LogP contribution < -0.4 is 9.80 Å². The molecule has 0 amide bonds. The number of anilines is 6.